The van der Waals surface area contributed by atoms with Gasteiger partial charge in [0, 0.05) is 0 Å². The van der Waals surface area contributed by atoms with E-state index in [0.29, 0.717) is 16.2 Å². The predicted octanol–water partition coefficient (Wildman–Crippen LogP) is 7.95. The maximum absolute atomic E-state index is 8.36. The van der Waals surface area contributed by atoms with Crippen LogP contribution in [0.3, 0.4) is 0 Å². The van der Waals surface area contributed by atoms with Gasteiger partial charge in [0.2, 0.25) is 0 Å². The molecule has 4 fully saturated rings. The van der Waals surface area contributed by atoms with E-state index in [2.05, 4.69) is 34.6 Å². The first-order valence-corrected chi connectivity index (χ1v) is 12.7. The van der Waals surface area contributed by atoms with Gasteiger partial charge >= 0.3 is 0 Å². The Morgan fingerprint density at radius 3 is 2.28 bits per heavy atom. The fraction of sp³-hybridized carbons (Fsp3) is 0.963. The minimum absolute atomic E-state index is 0.250. The number of carboxylic acid groups (broad SMARTS) is 1. The van der Waals surface area contributed by atoms with E-state index < -0.39 is 0 Å². The maximum Gasteiger partial charge on any atom is 0.290 e. The Hall–Kier alpha value is -0.530. The Balaban J connectivity index is 0.000000755. The van der Waals surface area contributed by atoms with Crippen LogP contribution in [-0.2, 0) is 4.79 Å². The summed E-state index contributed by atoms with van der Waals surface area (Å²) in [5.74, 6) is 5.34. The van der Waals surface area contributed by atoms with Gasteiger partial charge in [-0.1, -0.05) is 53.9 Å². The van der Waals surface area contributed by atoms with E-state index in [1.54, 1.807) is 51.4 Å². The van der Waals surface area contributed by atoms with Crippen LogP contribution in [0.4, 0.5) is 0 Å². The number of fused-ring (bicyclic) bond motifs is 5. The first-order chi connectivity index (χ1) is 13.7. The summed E-state index contributed by atoms with van der Waals surface area (Å²) in [6, 6.07) is 0. The Morgan fingerprint density at radius 1 is 0.897 bits per heavy atom. The van der Waals surface area contributed by atoms with Crippen LogP contribution in [-0.4, -0.2) is 11.6 Å². The van der Waals surface area contributed by atoms with Crippen LogP contribution >= 0.6 is 0 Å². The maximum atomic E-state index is 8.36. The molecule has 4 saturated carbocycles. The Bertz CT molecular complexity index is 549. The van der Waals surface area contributed by atoms with Crippen LogP contribution in [0.15, 0.2) is 0 Å². The molecule has 4 aliphatic carbocycles. The third-order valence-corrected chi connectivity index (χ3v) is 10.3. The molecule has 0 aromatic heterocycles. The third-order valence-electron chi connectivity index (χ3n) is 10.3. The van der Waals surface area contributed by atoms with Crippen molar-refractivity contribution >= 4 is 6.47 Å². The fourth-order valence-electron chi connectivity index (χ4n) is 8.76. The average Bonchev–Trinajstić information content (AvgIpc) is 2.97. The van der Waals surface area contributed by atoms with E-state index in [0.717, 1.165) is 29.6 Å². The Morgan fingerprint density at radius 2 is 1.59 bits per heavy atom. The molecule has 4 rings (SSSR count). The van der Waals surface area contributed by atoms with Crippen molar-refractivity contribution in [2.75, 3.05) is 0 Å². The van der Waals surface area contributed by atoms with E-state index >= 15 is 0 Å². The molecule has 168 valence electrons. The molecule has 4 aliphatic rings. The highest BCUT2D eigenvalue weighted by Crippen LogP contribution is 2.67. The van der Waals surface area contributed by atoms with Crippen LogP contribution in [0.1, 0.15) is 118 Å². The zero-order valence-electron chi connectivity index (χ0n) is 20.0. The van der Waals surface area contributed by atoms with Crippen molar-refractivity contribution in [2.24, 2.45) is 45.8 Å². The molecule has 7 unspecified atom stereocenters. The summed E-state index contributed by atoms with van der Waals surface area (Å²) in [5.41, 5.74) is 1.92. The van der Waals surface area contributed by atoms with E-state index in [4.69, 9.17) is 9.90 Å². The molecule has 7 atom stereocenters. The molecule has 2 nitrogen and oxygen atoms in total. The molecule has 0 spiro atoms. The van der Waals surface area contributed by atoms with Crippen LogP contribution < -0.4 is 0 Å². The molecule has 0 bridgehead atoms. The SMILES string of the molecule is CC(C)(C)CCCC1CCC2C3CCC4CCCCC4(C)C3CCC12C.O=CO. The van der Waals surface area contributed by atoms with Crippen molar-refractivity contribution in [3.63, 3.8) is 0 Å². The summed E-state index contributed by atoms with van der Waals surface area (Å²) in [7, 11) is 0. The summed E-state index contributed by atoms with van der Waals surface area (Å²) in [4.78, 5) is 8.36. The number of hydrogen-bond acceptors (Lipinski definition) is 1. The first kappa shape index (κ1) is 23.1. The van der Waals surface area contributed by atoms with Gasteiger partial charge in [-0.2, -0.15) is 0 Å². The van der Waals surface area contributed by atoms with E-state index in [-0.39, 0.29) is 6.47 Å². The van der Waals surface area contributed by atoms with E-state index in [9.17, 15) is 0 Å². The van der Waals surface area contributed by atoms with Crippen molar-refractivity contribution in [3.05, 3.63) is 0 Å². The van der Waals surface area contributed by atoms with Crippen molar-refractivity contribution in [2.45, 2.75) is 118 Å². The highest BCUT2D eigenvalue weighted by molar-refractivity contribution is 5.32. The Labute approximate surface area is 180 Å². The number of rotatable bonds is 3. The molecule has 0 amide bonds. The van der Waals surface area contributed by atoms with Gasteiger partial charge in [-0.05, 0) is 110 Å². The van der Waals surface area contributed by atoms with Gasteiger partial charge in [-0.15, -0.1) is 0 Å². The highest BCUT2D eigenvalue weighted by Gasteiger charge is 2.59. The zero-order valence-corrected chi connectivity index (χ0v) is 20.0. The standard InChI is InChI=1S/C26H46.CH2O2/c1-24(2,3)16-8-10-20-12-14-22-21-13-11-19-9-6-7-17-25(19,4)23(21)15-18-26(20,22)5;2-1-3/h19-23H,6-18H2,1-5H3;1H,(H,2,3). The van der Waals surface area contributed by atoms with Gasteiger partial charge in [0.25, 0.3) is 6.47 Å². The summed E-state index contributed by atoms with van der Waals surface area (Å²) in [6.07, 6.45) is 19.9. The van der Waals surface area contributed by atoms with Gasteiger partial charge in [0.15, 0.2) is 0 Å². The lowest BCUT2D eigenvalue weighted by atomic mass is 9.45. The summed E-state index contributed by atoms with van der Waals surface area (Å²) >= 11 is 0. The molecular weight excluding hydrogens is 356 g/mol. The lowest BCUT2D eigenvalue weighted by Gasteiger charge is -2.60. The number of carbonyl (C=O) groups is 1. The van der Waals surface area contributed by atoms with Gasteiger partial charge in [0.1, 0.15) is 0 Å². The van der Waals surface area contributed by atoms with Crippen molar-refractivity contribution in [1.82, 2.24) is 0 Å². The lowest BCUT2D eigenvalue weighted by molar-refractivity contribution is -0.122. The fourth-order valence-corrected chi connectivity index (χ4v) is 8.76. The van der Waals surface area contributed by atoms with Gasteiger partial charge < -0.3 is 5.11 Å². The predicted molar refractivity (Wildman–Crippen MR) is 122 cm³/mol. The molecule has 0 heterocycles. The van der Waals surface area contributed by atoms with E-state index in [1.807, 2.05) is 0 Å². The van der Waals surface area contributed by atoms with Crippen LogP contribution in [0, 0.1) is 45.8 Å². The smallest absolute Gasteiger partial charge is 0.290 e. The minimum Gasteiger partial charge on any atom is -0.483 e. The second-order valence-corrected chi connectivity index (χ2v) is 12.8. The lowest BCUT2D eigenvalue weighted by Crippen LogP contribution is -2.52. The van der Waals surface area contributed by atoms with Crippen molar-refractivity contribution < 1.29 is 9.90 Å². The summed E-state index contributed by atoms with van der Waals surface area (Å²) in [6.45, 7) is 12.5. The highest BCUT2D eigenvalue weighted by atomic mass is 16.3. The van der Waals surface area contributed by atoms with Crippen LogP contribution in [0.2, 0.25) is 0 Å². The molecule has 2 heteroatoms. The average molecular weight is 405 g/mol. The quantitative estimate of drug-likeness (QED) is 0.484. The summed E-state index contributed by atoms with van der Waals surface area (Å²) < 4.78 is 0. The summed E-state index contributed by atoms with van der Waals surface area (Å²) in [5, 5.41) is 6.89. The largest absolute Gasteiger partial charge is 0.483 e. The van der Waals surface area contributed by atoms with Crippen LogP contribution in [0.5, 0.6) is 0 Å². The minimum atomic E-state index is -0.250. The van der Waals surface area contributed by atoms with Crippen molar-refractivity contribution in [3.8, 4) is 0 Å². The van der Waals surface area contributed by atoms with Gasteiger partial charge in [0.05, 0.1) is 0 Å². The first-order valence-electron chi connectivity index (χ1n) is 12.7. The monoisotopic (exact) mass is 404 g/mol. The number of hydrogen-bond donors (Lipinski definition) is 1. The molecule has 29 heavy (non-hydrogen) atoms. The third kappa shape index (κ3) is 4.57. The molecule has 1 N–H and O–H groups in total. The molecular formula is C27H48O2. The molecule has 0 aromatic carbocycles. The van der Waals surface area contributed by atoms with Gasteiger partial charge in [-0.3, -0.25) is 4.79 Å². The zero-order chi connectivity index (χ0) is 21.3. The topological polar surface area (TPSA) is 37.3 Å². The molecule has 0 saturated heterocycles. The molecule has 0 aromatic rings. The van der Waals surface area contributed by atoms with Gasteiger partial charge in [-0.25, -0.2) is 0 Å². The van der Waals surface area contributed by atoms with Crippen molar-refractivity contribution in [1.29, 1.82) is 0 Å². The second kappa shape index (κ2) is 8.91. The molecule has 0 aliphatic heterocycles. The normalized spacial score (nSPS) is 44.0. The molecule has 0 radical (unpaired) electrons. The second-order valence-electron chi connectivity index (χ2n) is 12.8. The van der Waals surface area contributed by atoms with E-state index in [1.165, 1.54) is 32.1 Å². The van der Waals surface area contributed by atoms with Crippen LogP contribution in [0.25, 0.3) is 0 Å². The Kier molecular flexibility index (Phi) is 7.11.